The summed E-state index contributed by atoms with van der Waals surface area (Å²) in [7, 11) is 0. The van der Waals surface area contributed by atoms with Crippen LogP contribution in [0, 0.1) is 0 Å². The van der Waals surface area contributed by atoms with Gasteiger partial charge in [0.15, 0.2) is 0 Å². The Balaban J connectivity index is -0.00000001000. The van der Waals surface area contributed by atoms with Crippen molar-refractivity contribution in [1.29, 1.82) is 0 Å². The van der Waals surface area contributed by atoms with Gasteiger partial charge in [0.25, 0.3) is 0 Å². The maximum Gasteiger partial charge on any atom is 1.00 e. The molecule has 6 heteroatoms. The maximum atomic E-state index is 8.93. The second-order valence-electron chi connectivity index (χ2n) is 0.866. The van der Waals surface area contributed by atoms with E-state index in [2.05, 4.69) is 0 Å². The summed E-state index contributed by atoms with van der Waals surface area (Å²) in [5.74, 6) is 0. The van der Waals surface area contributed by atoms with Gasteiger partial charge in [0.2, 0.25) is 0 Å². The standard InChI is InChI=1S/3C2H5O.3Li/c3*1-2-3;;;/h3*2H2,1H3;;;/q3*-1;3*+1. The molecule has 60 valence electrons. The summed E-state index contributed by atoms with van der Waals surface area (Å²) in [6, 6.07) is 0. The Morgan fingerprint density at radius 1 is 0.583 bits per heavy atom. The molecule has 0 aliphatic carbocycles. The van der Waals surface area contributed by atoms with Gasteiger partial charge >= 0.3 is 56.6 Å². The number of hydrogen-bond acceptors (Lipinski definition) is 3. The van der Waals surface area contributed by atoms with Gasteiger partial charge in [0, 0.05) is 0 Å². The first kappa shape index (κ1) is 37.3. The quantitative estimate of drug-likeness (QED) is 0.327. The van der Waals surface area contributed by atoms with E-state index >= 15 is 0 Å². The van der Waals surface area contributed by atoms with Gasteiger partial charge in [0.1, 0.15) is 0 Å². The van der Waals surface area contributed by atoms with E-state index in [4.69, 9.17) is 15.3 Å². The van der Waals surface area contributed by atoms with Crippen molar-refractivity contribution in [2.45, 2.75) is 20.8 Å². The molecule has 0 radical (unpaired) electrons. The van der Waals surface area contributed by atoms with E-state index < -0.39 is 0 Å². The minimum Gasteiger partial charge on any atom is -0.855 e. The average molecular weight is 156 g/mol. The molecule has 0 atom stereocenters. The molecule has 0 aromatic rings. The third kappa shape index (κ3) is 475. The van der Waals surface area contributed by atoms with Crippen LogP contribution in [0.15, 0.2) is 0 Å². The SMILES string of the molecule is CC[O-].CC[O-].CC[O-].[Li+].[Li+].[Li+]. The largest absolute Gasteiger partial charge is 1.00 e. The van der Waals surface area contributed by atoms with Crippen LogP contribution >= 0.6 is 0 Å². The summed E-state index contributed by atoms with van der Waals surface area (Å²) < 4.78 is 0. The molecule has 0 N–H and O–H groups in total. The smallest absolute Gasteiger partial charge is 0.855 e. The van der Waals surface area contributed by atoms with E-state index in [-0.39, 0.29) is 76.4 Å². The van der Waals surface area contributed by atoms with Crippen LogP contribution in [-0.2, 0) is 0 Å². The molecule has 0 aliphatic heterocycles. The molecule has 0 aromatic heterocycles. The van der Waals surface area contributed by atoms with E-state index in [1.807, 2.05) is 0 Å². The third-order valence-electron chi connectivity index (χ3n) is 0. The first-order valence-electron chi connectivity index (χ1n) is 2.99. The molecule has 0 unspecified atom stereocenters. The zero-order chi connectivity index (χ0) is 8.12. The summed E-state index contributed by atoms with van der Waals surface area (Å²) in [6.07, 6.45) is 0. The number of hydrogen-bond donors (Lipinski definition) is 0. The Hall–Kier alpha value is 1.67. The summed E-state index contributed by atoms with van der Waals surface area (Å²) in [4.78, 5) is 0. The van der Waals surface area contributed by atoms with Crippen LogP contribution in [0.1, 0.15) is 20.8 Å². The normalized spacial score (nSPS) is 4.50. The Bertz CT molecular complexity index is 22.8. The van der Waals surface area contributed by atoms with Gasteiger partial charge < -0.3 is 15.3 Å². The second-order valence-corrected chi connectivity index (χ2v) is 0.866. The van der Waals surface area contributed by atoms with Gasteiger partial charge in [0.05, 0.1) is 0 Å². The van der Waals surface area contributed by atoms with Crippen LogP contribution in [0.5, 0.6) is 0 Å². The van der Waals surface area contributed by atoms with Crippen molar-refractivity contribution < 1.29 is 71.9 Å². The Morgan fingerprint density at radius 3 is 0.583 bits per heavy atom. The Labute approximate surface area is 112 Å². The Morgan fingerprint density at radius 2 is 0.583 bits per heavy atom. The molecule has 0 saturated carbocycles. The van der Waals surface area contributed by atoms with Crippen molar-refractivity contribution >= 4 is 0 Å². The van der Waals surface area contributed by atoms with Crippen LogP contribution in [0.3, 0.4) is 0 Å². The molecular weight excluding hydrogens is 141 g/mol. The van der Waals surface area contributed by atoms with Gasteiger partial charge in [-0.05, 0) is 0 Å². The van der Waals surface area contributed by atoms with E-state index in [0.717, 1.165) is 0 Å². The second kappa shape index (κ2) is 79.1. The average Bonchev–Trinajstić information content (AvgIpc) is 1.70. The van der Waals surface area contributed by atoms with Crippen molar-refractivity contribution in [3.63, 3.8) is 0 Å². The summed E-state index contributed by atoms with van der Waals surface area (Å²) in [5, 5.41) is 26.8. The maximum absolute atomic E-state index is 8.93. The van der Waals surface area contributed by atoms with Crippen molar-refractivity contribution in [3.05, 3.63) is 0 Å². The Kier molecular flexibility index (Phi) is 246. The molecule has 0 bridgehead atoms. The topological polar surface area (TPSA) is 69.2 Å². The van der Waals surface area contributed by atoms with Crippen LogP contribution in [0.25, 0.3) is 0 Å². The third-order valence-corrected chi connectivity index (χ3v) is 0. The number of rotatable bonds is 0. The van der Waals surface area contributed by atoms with Crippen LogP contribution in [0.2, 0.25) is 0 Å². The molecule has 0 heterocycles. The summed E-state index contributed by atoms with van der Waals surface area (Å²) in [5.41, 5.74) is 0. The zero-order valence-corrected chi connectivity index (χ0v) is 9.35. The molecule has 12 heavy (non-hydrogen) atoms. The minimum atomic E-state index is 0. The monoisotopic (exact) mass is 156 g/mol. The molecule has 0 spiro atoms. The molecule has 0 saturated heterocycles. The van der Waals surface area contributed by atoms with Gasteiger partial charge in [-0.15, -0.1) is 19.8 Å². The fourth-order valence-electron chi connectivity index (χ4n) is 0. The molecule has 3 nitrogen and oxygen atoms in total. The molecule has 0 amide bonds. The molecule has 0 rings (SSSR count). The van der Waals surface area contributed by atoms with Crippen LogP contribution < -0.4 is 71.9 Å². The predicted molar refractivity (Wildman–Crippen MR) is 31.6 cm³/mol. The summed E-state index contributed by atoms with van der Waals surface area (Å²) in [6.45, 7) is 4.71. The van der Waals surface area contributed by atoms with Crippen molar-refractivity contribution in [2.75, 3.05) is 19.8 Å². The molecule has 0 aliphatic rings. The molecular formula is C6H15Li3O3. The summed E-state index contributed by atoms with van der Waals surface area (Å²) >= 11 is 0. The van der Waals surface area contributed by atoms with Gasteiger partial charge in [-0.3, -0.25) is 0 Å². The first-order chi connectivity index (χ1) is 4.24. The fourth-order valence-corrected chi connectivity index (χ4v) is 0. The van der Waals surface area contributed by atoms with E-state index in [1.54, 1.807) is 20.8 Å². The van der Waals surface area contributed by atoms with Gasteiger partial charge in [-0.1, -0.05) is 20.8 Å². The van der Waals surface area contributed by atoms with Crippen LogP contribution in [-0.4, -0.2) is 19.8 Å². The van der Waals surface area contributed by atoms with Crippen LogP contribution in [0.4, 0.5) is 0 Å². The van der Waals surface area contributed by atoms with Crippen molar-refractivity contribution in [1.82, 2.24) is 0 Å². The molecule has 0 fully saturated rings. The zero-order valence-electron chi connectivity index (χ0n) is 9.35. The minimum absolute atomic E-state index is 0. The van der Waals surface area contributed by atoms with Gasteiger partial charge in [-0.2, -0.15) is 0 Å². The molecule has 0 aromatic carbocycles. The van der Waals surface area contributed by atoms with Crippen molar-refractivity contribution in [2.24, 2.45) is 0 Å². The van der Waals surface area contributed by atoms with E-state index in [1.165, 1.54) is 0 Å². The predicted octanol–water partition coefficient (Wildman–Crippen LogP) is -10.9. The first-order valence-corrected chi connectivity index (χ1v) is 2.99. The van der Waals surface area contributed by atoms with Crippen molar-refractivity contribution in [3.8, 4) is 0 Å². The van der Waals surface area contributed by atoms with Gasteiger partial charge in [-0.25, -0.2) is 0 Å². The van der Waals surface area contributed by atoms with E-state index in [9.17, 15) is 0 Å². The van der Waals surface area contributed by atoms with E-state index in [0.29, 0.717) is 0 Å². The fraction of sp³-hybridized carbons (Fsp3) is 1.00.